The number of rotatable bonds is 9. The Kier molecular flexibility index (Phi) is 8.79. The summed E-state index contributed by atoms with van der Waals surface area (Å²) >= 11 is 0. The summed E-state index contributed by atoms with van der Waals surface area (Å²) in [6.45, 7) is 9.27. The third-order valence-corrected chi connectivity index (χ3v) is 10.6. The van der Waals surface area contributed by atoms with Crippen molar-refractivity contribution < 1.29 is 22.7 Å². The first-order chi connectivity index (χ1) is 24.8. The Morgan fingerprint density at radius 2 is 1.92 bits per heavy atom. The van der Waals surface area contributed by atoms with Crippen LogP contribution in [0.15, 0.2) is 60.7 Å². The van der Waals surface area contributed by atoms with Gasteiger partial charge >= 0.3 is 6.01 Å². The van der Waals surface area contributed by atoms with E-state index in [9.17, 15) is 9.18 Å². The maximum atomic E-state index is 16.8. The van der Waals surface area contributed by atoms with Crippen LogP contribution in [0.1, 0.15) is 49.3 Å². The molecule has 51 heavy (non-hydrogen) atoms. The summed E-state index contributed by atoms with van der Waals surface area (Å²) in [5, 5.41) is 0.348. The number of aromatic nitrogens is 4. The average molecular weight is 695 g/mol. The minimum atomic E-state index is -0.978. The number of carbonyl (C=O) groups is 1. The highest BCUT2D eigenvalue weighted by Gasteiger charge is 2.49. The van der Waals surface area contributed by atoms with E-state index in [-0.39, 0.29) is 50.0 Å². The smallest absolute Gasteiger partial charge is 0.319 e. The zero-order chi connectivity index (χ0) is 35.1. The molecule has 4 aromatic rings. The van der Waals surface area contributed by atoms with Crippen LogP contribution >= 0.6 is 0 Å². The molecule has 4 fully saturated rings. The van der Waals surface area contributed by atoms with Gasteiger partial charge in [-0.3, -0.25) is 19.7 Å². The van der Waals surface area contributed by atoms with Crippen molar-refractivity contribution in [2.24, 2.45) is 0 Å². The molecule has 6 heterocycles. The molecule has 8 rings (SSSR count). The Balaban J connectivity index is 1.15. The zero-order valence-corrected chi connectivity index (χ0v) is 28.0. The van der Waals surface area contributed by atoms with Gasteiger partial charge in [-0.25, -0.2) is 19.7 Å². The number of pyridine rings is 2. The molecule has 1 amide bonds. The van der Waals surface area contributed by atoms with Gasteiger partial charge in [0.25, 0.3) is 5.91 Å². The maximum Gasteiger partial charge on any atom is 0.319 e. The molecule has 3 aliphatic heterocycles. The van der Waals surface area contributed by atoms with Crippen LogP contribution in [0.2, 0.25) is 0 Å². The summed E-state index contributed by atoms with van der Waals surface area (Å²) in [6, 6.07) is 12.0. The van der Waals surface area contributed by atoms with Crippen LogP contribution in [0.4, 0.5) is 19.0 Å². The first-order valence-corrected chi connectivity index (χ1v) is 17.5. The largest absolute Gasteiger partial charge is 0.461 e. The normalized spacial score (nSPS) is 23.8. The Bertz CT molecular complexity index is 2040. The summed E-state index contributed by atoms with van der Waals surface area (Å²) < 4.78 is 52.8. The van der Waals surface area contributed by atoms with Crippen molar-refractivity contribution in [3.8, 4) is 17.3 Å². The summed E-state index contributed by atoms with van der Waals surface area (Å²) in [7, 11) is 0. The van der Waals surface area contributed by atoms with E-state index in [0.29, 0.717) is 41.3 Å². The van der Waals surface area contributed by atoms with Gasteiger partial charge in [-0.15, -0.1) is 0 Å². The predicted octanol–water partition coefficient (Wildman–Crippen LogP) is 6.01. The summed E-state index contributed by atoms with van der Waals surface area (Å²) in [5.41, 5.74) is 1.82. The molecule has 1 saturated carbocycles. The molecule has 0 unspecified atom stereocenters. The number of fused-ring (bicyclic) bond motifs is 2. The number of piperazine rings is 1. The van der Waals surface area contributed by atoms with Gasteiger partial charge in [-0.1, -0.05) is 30.3 Å². The van der Waals surface area contributed by atoms with E-state index in [0.717, 1.165) is 43.9 Å². The lowest BCUT2D eigenvalue weighted by Gasteiger charge is -2.39. The molecule has 13 heteroatoms. The van der Waals surface area contributed by atoms with Crippen LogP contribution in [0, 0.1) is 12.4 Å². The number of amides is 1. The van der Waals surface area contributed by atoms with E-state index >= 15 is 8.78 Å². The second-order valence-corrected chi connectivity index (χ2v) is 13.9. The van der Waals surface area contributed by atoms with E-state index in [2.05, 4.69) is 24.7 Å². The van der Waals surface area contributed by atoms with Crippen molar-refractivity contribution >= 4 is 28.7 Å². The molecule has 262 valence electrons. The molecular formula is C38H37F3N8O2. The highest BCUT2D eigenvalue weighted by Crippen LogP contribution is 2.45. The van der Waals surface area contributed by atoms with Gasteiger partial charge < -0.3 is 19.4 Å². The van der Waals surface area contributed by atoms with Gasteiger partial charge in [0.1, 0.15) is 35.8 Å². The highest BCUT2D eigenvalue weighted by atomic mass is 19.1. The minimum Gasteiger partial charge on any atom is -0.461 e. The van der Waals surface area contributed by atoms with Gasteiger partial charge in [-0.2, -0.15) is 9.97 Å². The van der Waals surface area contributed by atoms with Crippen molar-refractivity contribution in [3.63, 3.8) is 0 Å². The lowest BCUT2D eigenvalue weighted by Crippen LogP contribution is -2.56. The number of alkyl halides is 1. The number of carbonyl (C=O) groups excluding carboxylic acids is 1. The highest BCUT2D eigenvalue weighted by molar-refractivity contribution is 5.96. The molecule has 1 aromatic carbocycles. The second kappa shape index (κ2) is 13.6. The maximum absolute atomic E-state index is 16.8. The lowest BCUT2D eigenvalue weighted by molar-refractivity contribution is -0.130. The van der Waals surface area contributed by atoms with Crippen LogP contribution in [-0.2, 0) is 4.79 Å². The van der Waals surface area contributed by atoms with Gasteiger partial charge in [0.05, 0.1) is 16.6 Å². The fourth-order valence-electron chi connectivity index (χ4n) is 7.99. The van der Waals surface area contributed by atoms with Crippen molar-refractivity contribution in [2.75, 3.05) is 50.8 Å². The number of anilines is 1. The molecule has 0 spiro atoms. The predicted molar refractivity (Wildman–Crippen MR) is 186 cm³/mol. The number of hydrogen-bond donors (Lipinski definition) is 0. The average Bonchev–Trinajstić information content (AvgIpc) is 3.85. The number of nitrogens with zero attached hydrogens (tertiary/aromatic N) is 8. The molecule has 10 nitrogen and oxygen atoms in total. The minimum absolute atomic E-state index is 0.0331. The molecule has 3 aromatic heterocycles. The first kappa shape index (κ1) is 33.1. The number of benzene rings is 1. The van der Waals surface area contributed by atoms with Gasteiger partial charge in [0, 0.05) is 56.6 Å². The Labute approximate surface area is 293 Å². The fraction of sp³-hybridized carbons (Fsp3) is 0.421. The van der Waals surface area contributed by atoms with Crippen LogP contribution in [-0.4, -0.2) is 99.3 Å². The Morgan fingerprint density at radius 1 is 1.08 bits per heavy atom. The van der Waals surface area contributed by atoms with Gasteiger partial charge in [0.15, 0.2) is 11.6 Å². The third kappa shape index (κ3) is 6.37. The van der Waals surface area contributed by atoms with E-state index < -0.39 is 35.3 Å². The topological polar surface area (TPSA) is 91.9 Å². The van der Waals surface area contributed by atoms with Gasteiger partial charge in [0.2, 0.25) is 6.54 Å². The summed E-state index contributed by atoms with van der Waals surface area (Å²) in [4.78, 5) is 40.2. The fourth-order valence-corrected chi connectivity index (χ4v) is 7.99. The quantitative estimate of drug-likeness (QED) is 0.156. The number of hydrogen-bond acceptors (Lipinski definition) is 8. The third-order valence-electron chi connectivity index (χ3n) is 10.6. The van der Waals surface area contributed by atoms with Crippen molar-refractivity contribution in [2.45, 2.75) is 55.8 Å². The Morgan fingerprint density at radius 3 is 2.73 bits per heavy atom. The monoisotopic (exact) mass is 694 g/mol. The molecule has 3 atom stereocenters. The summed E-state index contributed by atoms with van der Waals surface area (Å²) in [6.07, 6.45) is 7.37. The Hall–Kier alpha value is -5.09. The first-order valence-electron chi connectivity index (χ1n) is 17.5. The molecular weight excluding hydrogens is 657 g/mol. The van der Waals surface area contributed by atoms with E-state index in [1.54, 1.807) is 24.4 Å². The molecule has 3 saturated heterocycles. The van der Waals surface area contributed by atoms with Crippen LogP contribution in [0.3, 0.4) is 0 Å². The van der Waals surface area contributed by atoms with E-state index in [4.69, 9.17) is 16.3 Å². The van der Waals surface area contributed by atoms with Crippen molar-refractivity contribution in [1.82, 2.24) is 29.7 Å². The number of ether oxygens (including phenoxy) is 1. The molecule has 4 aliphatic rings. The van der Waals surface area contributed by atoms with Crippen LogP contribution in [0.25, 0.3) is 33.1 Å². The van der Waals surface area contributed by atoms with Gasteiger partial charge in [-0.05, 0) is 55.8 Å². The number of halogens is 3. The lowest BCUT2D eigenvalue weighted by atomic mass is 9.95. The zero-order valence-electron chi connectivity index (χ0n) is 28.0. The molecule has 0 bridgehead atoms. The standard InChI is InChI=1S/C38H37F3N8O2/c1-42-19-27-22-47(15-16-49(27)36(50)31(40)17-26-7-4-5-13-43-26)35-30-20-44-33(29-9-3-2-8-28(29)24-10-11-24)32(41)34(30)45-37(46-35)51-23-38-12-6-14-48(38)21-25(39)18-38/h2-5,7-9,13,17,20,24-25,27H,6,10-12,14-16,18-19,21-23H2/b31-17-/t25-,27+,38+/m1/s1. The summed E-state index contributed by atoms with van der Waals surface area (Å²) in [5.74, 6) is -1.72. The van der Waals surface area contributed by atoms with Crippen molar-refractivity contribution in [3.05, 3.63) is 89.2 Å². The van der Waals surface area contributed by atoms with E-state index in [1.807, 2.05) is 29.2 Å². The SMILES string of the molecule is [C-]#[N+]C[C@H]1CN(c2nc(OC[C@@]34CCCN3C[C@H](F)C4)nc3c(F)c(-c4ccccc4C4CC4)ncc23)CCN1C(=O)/C(F)=C/c1ccccn1. The van der Waals surface area contributed by atoms with Crippen molar-refractivity contribution in [1.29, 1.82) is 0 Å². The molecule has 1 aliphatic carbocycles. The van der Waals surface area contributed by atoms with E-state index in [1.165, 1.54) is 11.1 Å². The molecule has 0 radical (unpaired) electrons. The van der Waals surface area contributed by atoms with Crippen LogP contribution < -0.4 is 9.64 Å². The van der Waals surface area contributed by atoms with Crippen LogP contribution in [0.5, 0.6) is 6.01 Å². The molecule has 0 N–H and O–H groups in total. The second-order valence-electron chi connectivity index (χ2n) is 13.9.